The number of hydrogen-bond acceptors (Lipinski definition) is 3. The van der Waals surface area contributed by atoms with Crippen LogP contribution < -0.4 is 0 Å². The molecule has 0 fully saturated rings. The molecule has 74 valence electrons. The first kappa shape index (κ1) is 9.86. The Morgan fingerprint density at radius 1 is 1.57 bits per heavy atom. The summed E-state index contributed by atoms with van der Waals surface area (Å²) in [6, 6.07) is 2.01. The Morgan fingerprint density at radius 3 is 3.07 bits per heavy atom. The van der Waals surface area contributed by atoms with Gasteiger partial charge in [-0.2, -0.15) is 5.10 Å². The largest absolute Gasteiger partial charge is 0.263 e. The van der Waals surface area contributed by atoms with Crippen LogP contribution >= 0.6 is 27.3 Å². The molecule has 0 aromatic carbocycles. The van der Waals surface area contributed by atoms with E-state index in [1.54, 1.807) is 11.3 Å². The molecular weight excluding hydrogens is 262 g/mol. The van der Waals surface area contributed by atoms with Gasteiger partial charge < -0.3 is 0 Å². The van der Waals surface area contributed by atoms with Crippen LogP contribution in [-0.2, 0) is 6.42 Å². The molecule has 0 radical (unpaired) electrons. The molecule has 0 aliphatic heterocycles. The summed E-state index contributed by atoms with van der Waals surface area (Å²) in [6.45, 7) is 2.13. The average molecular weight is 272 g/mol. The van der Waals surface area contributed by atoms with Crippen LogP contribution in [0.4, 0.5) is 0 Å². The van der Waals surface area contributed by atoms with Gasteiger partial charge >= 0.3 is 0 Å². The second-order valence-corrected chi connectivity index (χ2v) is 4.72. The standard InChI is InChI=1S/C9H10BrN3S/c1-2-3-7-11-9(13-12-7)8-6(10)4-5-14-8/h4-5H,2-3H2,1H3,(H,11,12,13). The molecule has 1 N–H and O–H groups in total. The van der Waals surface area contributed by atoms with Crippen LogP contribution in [0.15, 0.2) is 15.9 Å². The van der Waals surface area contributed by atoms with Crippen LogP contribution in [0.3, 0.4) is 0 Å². The van der Waals surface area contributed by atoms with Crippen molar-refractivity contribution in [1.82, 2.24) is 15.2 Å². The van der Waals surface area contributed by atoms with Gasteiger partial charge in [-0.05, 0) is 33.8 Å². The van der Waals surface area contributed by atoms with E-state index in [2.05, 4.69) is 38.0 Å². The van der Waals surface area contributed by atoms with Crippen molar-refractivity contribution < 1.29 is 0 Å². The van der Waals surface area contributed by atoms with Gasteiger partial charge in [-0.3, -0.25) is 5.10 Å². The summed E-state index contributed by atoms with van der Waals surface area (Å²) in [5, 5.41) is 9.15. The molecule has 5 heteroatoms. The molecule has 2 aromatic heterocycles. The van der Waals surface area contributed by atoms with Gasteiger partial charge in [0.15, 0.2) is 5.82 Å². The van der Waals surface area contributed by atoms with E-state index in [0.717, 1.165) is 33.8 Å². The van der Waals surface area contributed by atoms with E-state index in [0.29, 0.717) is 0 Å². The molecule has 0 atom stereocenters. The molecule has 2 heterocycles. The number of hydrogen-bond donors (Lipinski definition) is 1. The molecule has 2 aromatic rings. The first-order valence-corrected chi connectivity index (χ1v) is 6.13. The lowest BCUT2D eigenvalue weighted by molar-refractivity contribution is 0.841. The molecule has 0 saturated carbocycles. The van der Waals surface area contributed by atoms with E-state index in [1.807, 2.05) is 11.4 Å². The van der Waals surface area contributed by atoms with E-state index in [-0.39, 0.29) is 0 Å². The van der Waals surface area contributed by atoms with Gasteiger partial charge in [-0.15, -0.1) is 11.3 Å². The molecule has 0 aliphatic rings. The number of rotatable bonds is 3. The van der Waals surface area contributed by atoms with Crippen LogP contribution in [0.1, 0.15) is 19.2 Å². The van der Waals surface area contributed by atoms with Gasteiger partial charge in [-0.25, -0.2) is 4.98 Å². The molecule has 0 saturated heterocycles. The Kier molecular flexibility index (Phi) is 2.98. The molecule has 0 unspecified atom stereocenters. The van der Waals surface area contributed by atoms with Crippen molar-refractivity contribution in [3.63, 3.8) is 0 Å². The zero-order valence-corrected chi connectivity index (χ0v) is 10.2. The van der Waals surface area contributed by atoms with Crippen LogP contribution in [-0.4, -0.2) is 15.2 Å². The lowest BCUT2D eigenvalue weighted by Gasteiger charge is -1.89. The molecule has 3 nitrogen and oxygen atoms in total. The first-order valence-electron chi connectivity index (χ1n) is 4.46. The van der Waals surface area contributed by atoms with Gasteiger partial charge in [0.1, 0.15) is 5.82 Å². The summed E-state index contributed by atoms with van der Waals surface area (Å²) in [4.78, 5) is 5.50. The third-order valence-electron chi connectivity index (χ3n) is 1.84. The molecule has 2 rings (SSSR count). The number of H-pyrrole nitrogens is 1. The van der Waals surface area contributed by atoms with E-state index in [1.165, 1.54) is 0 Å². The number of thiophene rings is 1. The Hall–Kier alpha value is -0.680. The number of aromatic amines is 1. The van der Waals surface area contributed by atoms with Crippen molar-refractivity contribution in [1.29, 1.82) is 0 Å². The van der Waals surface area contributed by atoms with E-state index >= 15 is 0 Å². The second-order valence-electron chi connectivity index (χ2n) is 2.95. The van der Waals surface area contributed by atoms with Gasteiger partial charge in [0.25, 0.3) is 0 Å². The second kappa shape index (κ2) is 4.23. The van der Waals surface area contributed by atoms with Crippen molar-refractivity contribution in [2.75, 3.05) is 0 Å². The molecule has 0 amide bonds. The normalized spacial score (nSPS) is 10.7. The van der Waals surface area contributed by atoms with E-state index in [4.69, 9.17) is 0 Å². The average Bonchev–Trinajstić information content (AvgIpc) is 2.74. The molecular formula is C9H10BrN3S. The fourth-order valence-corrected chi connectivity index (χ4v) is 2.68. The highest BCUT2D eigenvalue weighted by Crippen LogP contribution is 2.30. The van der Waals surface area contributed by atoms with Crippen molar-refractivity contribution in [3.05, 3.63) is 21.7 Å². The van der Waals surface area contributed by atoms with Crippen molar-refractivity contribution in [2.24, 2.45) is 0 Å². The number of aromatic nitrogens is 3. The zero-order valence-electron chi connectivity index (χ0n) is 7.75. The Labute approximate surface area is 94.7 Å². The third kappa shape index (κ3) is 1.88. The minimum absolute atomic E-state index is 0.787. The van der Waals surface area contributed by atoms with Gasteiger partial charge in [0.2, 0.25) is 0 Å². The van der Waals surface area contributed by atoms with Crippen LogP contribution in [0.25, 0.3) is 10.7 Å². The monoisotopic (exact) mass is 271 g/mol. The number of nitrogens with zero attached hydrogens (tertiary/aromatic N) is 2. The summed E-state index contributed by atoms with van der Waals surface area (Å²) in [6.07, 6.45) is 2.04. The molecule has 0 aliphatic carbocycles. The highest BCUT2D eigenvalue weighted by molar-refractivity contribution is 9.10. The van der Waals surface area contributed by atoms with Crippen LogP contribution in [0, 0.1) is 0 Å². The minimum atomic E-state index is 0.787. The molecule has 0 bridgehead atoms. The third-order valence-corrected chi connectivity index (χ3v) is 3.67. The Morgan fingerprint density at radius 2 is 2.43 bits per heavy atom. The zero-order chi connectivity index (χ0) is 9.97. The number of aryl methyl sites for hydroxylation is 1. The minimum Gasteiger partial charge on any atom is -0.263 e. The fraction of sp³-hybridized carbons (Fsp3) is 0.333. The van der Waals surface area contributed by atoms with E-state index < -0.39 is 0 Å². The maximum Gasteiger partial charge on any atom is 0.192 e. The van der Waals surface area contributed by atoms with Crippen LogP contribution in [0.2, 0.25) is 0 Å². The van der Waals surface area contributed by atoms with E-state index in [9.17, 15) is 0 Å². The number of halogens is 1. The highest BCUT2D eigenvalue weighted by Gasteiger charge is 2.09. The topological polar surface area (TPSA) is 41.6 Å². The molecule has 14 heavy (non-hydrogen) atoms. The van der Waals surface area contributed by atoms with Crippen LogP contribution in [0.5, 0.6) is 0 Å². The maximum absolute atomic E-state index is 4.42. The fourth-order valence-electron chi connectivity index (χ4n) is 1.20. The van der Waals surface area contributed by atoms with Crippen molar-refractivity contribution in [3.8, 4) is 10.7 Å². The van der Waals surface area contributed by atoms with Gasteiger partial charge in [0, 0.05) is 10.9 Å². The predicted molar refractivity (Wildman–Crippen MR) is 61.4 cm³/mol. The Bertz CT molecular complexity index is 421. The summed E-state index contributed by atoms with van der Waals surface area (Å²) in [5.74, 6) is 1.75. The quantitative estimate of drug-likeness (QED) is 0.931. The summed E-state index contributed by atoms with van der Waals surface area (Å²) >= 11 is 5.11. The lowest BCUT2D eigenvalue weighted by Crippen LogP contribution is -1.84. The lowest BCUT2D eigenvalue weighted by atomic mass is 10.3. The SMILES string of the molecule is CCCc1nc(-c2sccc2Br)n[nH]1. The summed E-state index contributed by atoms with van der Waals surface area (Å²) in [5.41, 5.74) is 0. The van der Waals surface area contributed by atoms with Crippen molar-refractivity contribution in [2.45, 2.75) is 19.8 Å². The van der Waals surface area contributed by atoms with Gasteiger partial charge in [0.05, 0.1) is 4.88 Å². The Balaban J connectivity index is 2.29. The molecule has 0 spiro atoms. The highest BCUT2D eigenvalue weighted by atomic mass is 79.9. The smallest absolute Gasteiger partial charge is 0.192 e. The number of nitrogens with one attached hydrogen (secondary N) is 1. The summed E-state index contributed by atoms with van der Waals surface area (Å²) < 4.78 is 1.06. The summed E-state index contributed by atoms with van der Waals surface area (Å²) in [7, 11) is 0. The van der Waals surface area contributed by atoms with Crippen molar-refractivity contribution >= 4 is 27.3 Å². The van der Waals surface area contributed by atoms with Gasteiger partial charge in [-0.1, -0.05) is 6.92 Å². The predicted octanol–water partition coefficient (Wildman–Crippen LogP) is 3.25. The maximum atomic E-state index is 4.42. The first-order chi connectivity index (χ1) is 6.81.